The van der Waals surface area contributed by atoms with E-state index < -0.39 is 28.0 Å². The van der Waals surface area contributed by atoms with Crippen LogP contribution in [0, 0.1) is 0 Å². The average molecular weight is 341 g/mol. The molecule has 0 saturated heterocycles. The number of hydrogen-bond acceptors (Lipinski definition) is 0. The summed E-state index contributed by atoms with van der Waals surface area (Å²) in [6.45, 7) is 0. The first-order valence-electron chi connectivity index (χ1n) is 4.10. The molecule has 1 aromatic rings. The third-order valence-corrected chi connectivity index (χ3v) is 2.83. The highest BCUT2D eigenvalue weighted by molar-refractivity contribution is 9.10. The number of halogens is 8. The topological polar surface area (TPSA) is 0 Å². The third-order valence-electron chi connectivity index (χ3n) is 1.89. The third kappa shape index (κ3) is 3.28. The molecule has 0 bridgehead atoms. The van der Waals surface area contributed by atoms with E-state index in [1.165, 1.54) is 0 Å². The van der Waals surface area contributed by atoms with Gasteiger partial charge in [0.2, 0.25) is 0 Å². The van der Waals surface area contributed by atoms with Crippen LogP contribution in [0.4, 0.5) is 26.3 Å². The second kappa shape index (κ2) is 4.68. The first-order valence-corrected chi connectivity index (χ1v) is 5.43. The summed E-state index contributed by atoms with van der Waals surface area (Å²) in [5.74, 6) is -0.306. The van der Waals surface area contributed by atoms with Gasteiger partial charge < -0.3 is 0 Å². The molecule has 0 heterocycles. The molecule has 0 atom stereocenters. The molecule has 0 radical (unpaired) electrons. The molecule has 0 saturated carbocycles. The maximum Gasteiger partial charge on any atom is 0.418 e. The van der Waals surface area contributed by atoms with Crippen molar-refractivity contribution in [2.45, 2.75) is 18.2 Å². The second-order valence-corrected chi connectivity index (χ2v) is 4.25. The van der Waals surface area contributed by atoms with Crippen molar-refractivity contribution in [3.05, 3.63) is 33.3 Å². The summed E-state index contributed by atoms with van der Waals surface area (Å²) >= 11 is 7.81. The van der Waals surface area contributed by atoms with Gasteiger partial charge in [0.1, 0.15) is 0 Å². The first-order chi connectivity index (χ1) is 7.57. The van der Waals surface area contributed by atoms with Gasteiger partial charge in [-0.15, -0.1) is 11.6 Å². The number of benzene rings is 1. The van der Waals surface area contributed by atoms with E-state index in [1.807, 2.05) is 0 Å². The van der Waals surface area contributed by atoms with Gasteiger partial charge in [-0.05, 0) is 17.7 Å². The van der Waals surface area contributed by atoms with Gasteiger partial charge in [-0.2, -0.15) is 26.3 Å². The van der Waals surface area contributed by atoms with Crippen molar-refractivity contribution in [2.24, 2.45) is 0 Å². The van der Waals surface area contributed by atoms with Gasteiger partial charge in [0, 0.05) is 10.4 Å². The molecule has 0 unspecified atom stereocenters. The Bertz CT molecular complexity index is 423. The lowest BCUT2D eigenvalue weighted by Gasteiger charge is -2.18. The molecule has 0 amide bonds. The Morgan fingerprint density at radius 2 is 1.53 bits per heavy atom. The zero-order chi connectivity index (χ0) is 13.4. The predicted octanol–water partition coefficient (Wildman–Crippen LogP) is 5.23. The van der Waals surface area contributed by atoms with E-state index in [0.29, 0.717) is 6.07 Å². The molecular weight excluding hydrogens is 337 g/mol. The summed E-state index contributed by atoms with van der Waals surface area (Å²) in [7, 11) is 0. The van der Waals surface area contributed by atoms with Gasteiger partial charge in [-0.1, -0.05) is 15.9 Å². The molecule has 0 aliphatic carbocycles. The fraction of sp³-hybridized carbons (Fsp3) is 0.333. The minimum Gasteiger partial charge on any atom is -0.166 e. The lowest BCUT2D eigenvalue weighted by Crippen LogP contribution is -2.17. The minimum absolute atomic E-state index is 0.0427. The standard InChI is InChI=1S/C9H4BrClF6/c10-6-2-4(3-11)1-5(8(12,13)14)7(6)9(15,16)17/h1-2H,3H2. The summed E-state index contributed by atoms with van der Waals surface area (Å²) in [5.41, 5.74) is -3.52. The molecular formula is C9H4BrClF6. The number of alkyl halides is 7. The Hall–Kier alpha value is -0.430. The van der Waals surface area contributed by atoms with Crippen LogP contribution in [0.2, 0.25) is 0 Å². The van der Waals surface area contributed by atoms with Crippen LogP contribution in [0.1, 0.15) is 16.7 Å². The molecule has 8 heteroatoms. The maximum atomic E-state index is 12.5. The zero-order valence-corrected chi connectivity index (χ0v) is 10.2. The lowest BCUT2D eigenvalue weighted by atomic mass is 10.0. The second-order valence-electron chi connectivity index (χ2n) is 3.13. The summed E-state index contributed by atoms with van der Waals surface area (Å²) in [6, 6.07) is 1.33. The van der Waals surface area contributed by atoms with Crippen LogP contribution in [-0.2, 0) is 18.2 Å². The lowest BCUT2D eigenvalue weighted by molar-refractivity contribution is -0.162. The Labute approximate surface area is 106 Å². The van der Waals surface area contributed by atoms with E-state index in [1.54, 1.807) is 0 Å². The molecule has 0 aromatic heterocycles. The van der Waals surface area contributed by atoms with Gasteiger partial charge in [-0.25, -0.2) is 0 Å². The Morgan fingerprint density at radius 3 is 1.88 bits per heavy atom. The van der Waals surface area contributed by atoms with Crippen LogP contribution in [0.3, 0.4) is 0 Å². The normalized spacial score (nSPS) is 12.9. The number of rotatable bonds is 1. The predicted molar refractivity (Wildman–Crippen MR) is 53.7 cm³/mol. The fourth-order valence-electron chi connectivity index (χ4n) is 1.25. The SMILES string of the molecule is FC(F)(F)c1cc(CCl)cc(Br)c1C(F)(F)F. The van der Waals surface area contributed by atoms with Gasteiger partial charge >= 0.3 is 12.4 Å². The molecule has 96 valence electrons. The monoisotopic (exact) mass is 340 g/mol. The van der Waals surface area contributed by atoms with Crippen molar-refractivity contribution in [1.29, 1.82) is 0 Å². The van der Waals surface area contributed by atoms with Crippen LogP contribution in [0.15, 0.2) is 16.6 Å². The van der Waals surface area contributed by atoms with Crippen molar-refractivity contribution in [1.82, 2.24) is 0 Å². The Morgan fingerprint density at radius 1 is 1.00 bits per heavy atom. The number of hydrogen-bond donors (Lipinski definition) is 0. The van der Waals surface area contributed by atoms with Crippen molar-refractivity contribution < 1.29 is 26.3 Å². The van der Waals surface area contributed by atoms with E-state index in [-0.39, 0.29) is 11.4 Å². The van der Waals surface area contributed by atoms with Crippen LogP contribution in [-0.4, -0.2) is 0 Å². The smallest absolute Gasteiger partial charge is 0.166 e. The highest BCUT2D eigenvalue weighted by Crippen LogP contribution is 2.44. The van der Waals surface area contributed by atoms with E-state index in [2.05, 4.69) is 15.9 Å². The maximum absolute atomic E-state index is 12.5. The summed E-state index contributed by atoms with van der Waals surface area (Å²) in [5, 5.41) is 0. The summed E-state index contributed by atoms with van der Waals surface area (Å²) in [6.07, 6.45) is -10.2. The van der Waals surface area contributed by atoms with E-state index in [9.17, 15) is 26.3 Å². The van der Waals surface area contributed by atoms with Crippen molar-refractivity contribution >= 4 is 27.5 Å². The molecule has 1 aromatic carbocycles. The van der Waals surface area contributed by atoms with Crippen LogP contribution in [0.5, 0.6) is 0 Å². The fourth-order valence-corrected chi connectivity index (χ4v) is 2.14. The molecule has 0 fully saturated rings. The highest BCUT2D eigenvalue weighted by atomic mass is 79.9. The highest BCUT2D eigenvalue weighted by Gasteiger charge is 2.44. The molecule has 0 aliphatic rings. The van der Waals surface area contributed by atoms with Crippen LogP contribution < -0.4 is 0 Å². The van der Waals surface area contributed by atoms with Crippen molar-refractivity contribution in [3.8, 4) is 0 Å². The molecule has 0 aliphatic heterocycles. The quantitative estimate of drug-likeness (QED) is 0.485. The minimum atomic E-state index is -5.09. The van der Waals surface area contributed by atoms with Gasteiger partial charge in [0.15, 0.2) is 0 Å². The molecule has 17 heavy (non-hydrogen) atoms. The Balaban J connectivity index is 3.58. The molecule has 0 spiro atoms. The van der Waals surface area contributed by atoms with Crippen LogP contribution >= 0.6 is 27.5 Å². The summed E-state index contributed by atoms with van der Waals surface area (Å²) in [4.78, 5) is 0. The molecule has 0 nitrogen and oxygen atoms in total. The Kier molecular flexibility index (Phi) is 4.03. The molecule has 1 rings (SSSR count). The van der Waals surface area contributed by atoms with Gasteiger partial charge in [0.25, 0.3) is 0 Å². The van der Waals surface area contributed by atoms with Gasteiger partial charge in [-0.3, -0.25) is 0 Å². The van der Waals surface area contributed by atoms with E-state index >= 15 is 0 Å². The summed E-state index contributed by atoms with van der Waals surface area (Å²) < 4.78 is 74.4. The largest absolute Gasteiger partial charge is 0.418 e. The average Bonchev–Trinajstić information content (AvgIpc) is 2.12. The first kappa shape index (κ1) is 14.6. The van der Waals surface area contributed by atoms with E-state index in [0.717, 1.165) is 6.07 Å². The van der Waals surface area contributed by atoms with Crippen molar-refractivity contribution in [2.75, 3.05) is 0 Å². The van der Waals surface area contributed by atoms with E-state index in [4.69, 9.17) is 11.6 Å². The van der Waals surface area contributed by atoms with Crippen molar-refractivity contribution in [3.63, 3.8) is 0 Å². The van der Waals surface area contributed by atoms with Gasteiger partial charge in [0.05, 0.1) is 11.1 Å². The zero-order valence-electron chi connectivity index (χ0n) is 7.89. The molecule has 0 N–H and O–H groups in total. The van der Waals surface area contributed by atoms with Crippen LogP contribution in [0.25, 0.3) is 0 Å².